The molecule has 0 rings (SSSR count). The first-order valence-corrected chi connectivity index (χ1v) is 39.4. The van der Waals surface area contributed by atoms with Gasteiger partial charge in [-0.15, -0.1) is 0 Å². The van der Waals surface area contributed by atoms with Gasteiger partial charge in [0.05, 0.1) is 26.4 Å². The fourth-order valence-electron chi connectivity index (χ4n) is 10.3. The summed E-state index contributed by atoms with van der Waals surface area (Å²) in [5.41, 5.74) is 0. The fourth-order valence-corrected chi connectivity index (χ4v) is 11.9. The molecular weight excluding hydrogens is 1190 g/mol. The quantitative estimate of drug-likeness (QED) is 0.0169. The predicted molar refractivity (Wildman–Crippen MR) is 363 cm³/mol. The Hall–Kier alpha value is -2.46. The normalized spacial score (nSPS) is 14.2. The molecule has 0 aliphatic carbocycles. The van der Waals surface area contributed by atoms with E-state index in [0.717, 1.165) is 109 Å². The summed E-state index contributed by atoms with van der Waals surface area (Å²) in [6.45, 7) is 7.14. The first-order chi connectivity index (χ1) is 43.5. The van der Waals surface area contributed by atoms with E-state index in [2.05, 4.69) is 58.9 Å². The molecule has 90 heavy (non-hydrogen) atoms. The van der Waals surface area contributed by atoms with Gasteiger partial charge in [-0.3, -0.25) is 37.3 Å². The van der Waals surface area contributed by atoms with Crippen LogP contribution in [0.5, 0.6) is 0 Å². The second-order valence-corrected chi connectivity index (χ2v) is 28.3. The van der Waals surface area contributed by atoms with Crippen molar-refractivity contribution in [2.75, 3.05) is 39.6 Å². The topological polar surface area (TPSA) is 237 Å². The lowest BCUT2D eigenvalue weighted by Crippen LogP contribution is -2.30. The van der Waals surface area contributed by atoms with Crippen molar-refractivity contribution in [2.45, 2.75) is 361 Å². The van der Waals surface area contributed by atoms with Gasteiger partial charge in [0.2, 0.25) is 0 Å². The first kappa shape index (κ1) is 87.5. The van der Waals surface area contributed by atoms with Crippen molar-refractivity contribution in [3.63, 3.8) is 0 Å². The van der Waals surface area contributed by atoms with Crippen LogP contribution >= 0.6 is 15.6 Å². The molecule has 0 amide bonds. The molecule has 0 bridgehead atoms. The van der Waals surface area contributed by atoms with Crippen molar-refractivity contribution < 1.29 is 80.2 Å². The molecular formula is C71H134O17P2. The summed E-state index contributed by atoms with van der Waals surface area (Å²) in [7, 11) is -9.91. The first-order valence-electron chi connectivity index (χ1n) is 36.5. The van der Waals surface area contributed by atoms with E-state index < -0.39 is 97.5 Å². The van der Waals surface area contributed by atoms with Crippen LogP contribution in [-0.4, -0.2) is 96.7 Å². The average molecular weight is 1320 g/mol. The summed E-state index contributed by atoms with van der Waals surface area (Å²) in [6.07, 6.45) is 53.4. The summed E-state index contributed by atoms with van der Waals surface area (Å²) in [5, 5.41) is 10.6. The number of ether oxygens (including phenoxy) is 4. The predicted octanol–water partition coefficient (Wildman–Crippen LogP) is 20.1. The van der Waals surface area contributed by atoms with E-state index in [4.69, 9.17) is 37.0 Å². The minimum atomic E-state index is -4.96. The number of aliphatic hydroxyl groups excluding tert-OH is 1. The molecule has 0 aromatic carbocycles. The lowest BCUT2D eigenvalue weighted by atomic mass is 10.0. The third kappa shape index (κ3) is 64.3. The minimum absolute atomic E-state index is 0.0854. The van der Waals surface area contributed by atoms with Gasteiger partial charge in [-0.2, -0.15) is 0 Å². The summed E-state index contributed by atoms with van der Waals surface area (Å²) >= 11 is 0. The number of carbonyl (C=O) groups is 4. The minimum Gasteiger partial charge on any atom is -0.462 e. The van der Waals surface area contributed by atoms with E-state index in [0.29, 0.717) is 25.7 Å². The number of phosphoric ester groups is 2. The molecule has 17 nitrogen and oxygen atoms in total. The molecule has 0 saturated carbocycles. The van der Waals surface area contributed by atoms with Crippen molar-refractivity contribution in [3.8, 4) is 0 Å². The van der Waals surface area contributed by atoms with E-state index in [-0.39, 0.29) is 25.7 Å². The van der Waals surface area contributed by atoms with Gasteiger partial charge >= 0.3 is 39.5 Å². The van der Waals surface area contributed by atoms with Crippen LogP contribution in [-0.2, 0) is 65.4 Å². The third-order valence-corrected chi connectivity index (χ3v) is 17.8. The Morgan fingerprint density at radius 2 is 0.600 bits per heavy atom. The molecule has 530 valence electrons. The number of carbonyl (C=O) groups excluding carboxylic acids is 4. The molecule has 0 saturated heterocycles. The van der Waals surface area contributed by atoms with Crippen molar-refractivity contribution in [1.29, 1.82) is 0 Å². The smallest absolute Gasteiger partial charge is 0.462 e. The van der Waals surface area contributed by atoms with Gasteiger partial charge in [0.1, 0.15) is 19.3 Å². The maximum atomic E-state index is 13.0. The van der Waals surface area contributed by atoms with E-state index in [9.17, 15) is 43.2 Å². The maximum absolute atomic E-state index is 13.0. The zero-order valence-electron chi connectivity index (χ0n) is 57.8. The molecule has 0 fully saturated rings. The highest BCUT2D eigenvalue weighted by Crippen LogP contribution is 2.45. The van der Waals surface area contributed by atoms with Crippen molar-refractivity contribution in [1.82, 2.24) is 0 Å². The molecule has 0 spiro atoms. The molecule has 0 radical (unpaired) electrons. The van der Waals surface area contributed by atoms with Crippen molar-refractivity contribution in [2.24, 2.45) is 5.92 Å². The van der Waals surface area contributed by atoms with Gasteiger partial charge in [0.15, 0.2) is 12.2 Å². The lowest BCUT2D eigenvalue weighted by molar-refractivity contribution is -0.161. The van der Waals surface area contributed by atoms with Crippen LogP contribution in [0.1, 0.15) is 343 Å². The number of hydrogen-bond donors (Lipinski definition) is 3. The van der Waals surface area contributed by atoms with E-state index in [1.807, 2.05) is 0 Å². The monoisotopic (exact) mass is 1320 g/mol. The Balaban J connectivity index is 5.29. The van der Waals surface area contributed by atoms with Crippen LogP contribution in [0.25, 0.3) is 0 Å². The van der Waals surface area contributed by atoms with Crippen LogP contribution < -0.4 is 0 Å². The number of aliphatic hydroxyl groups is 1. The standard InChI is InChI=1S/C71H134O17P2/c1-6-9-12-15-18-21-24-26-27-29-32-35-41-46-51-56-70(75)87-66(60-82-69(74)55-50-45-40-34-31-28-25-22-19-16-13-10-7-2)62-85-89(77,78)83-58-65(72)59-84-90(79,80)86-63-67(88-71(76)57-52-47-42-37-36-38-43-48-53-64(4)5)61-81-68(73)54-49-44-39-33-30-23-20-17-14-11-8-3/h21,24,26-27,64-67,72H,6-20,22-23,25,28-63H2,1-5H3,(H,77,78)(H,79,80)/b24-21-,27-26-/t65-,66-,67-/m1/s1. The highest BCUT2D eigenvalue weighted by molar-refractivity contribution is 7.47. The van der Waals surface area contributed by atoms with Gasteiger partial charge in [0, 0.05) is 25.7 Å². The SMILES string of the molecule is CCCCCC/C=C\C=C/CCCCCCCC(=O)O[C@H](COC(=O)CCCCCCCCCCCCCCC)COP(=O)(O)OC[C@@H](O)COP(=O)(O)OC[C@@H](COC(=O)CCCCCCCCCCCCC)OC(=O)CCCCCCCCCCC(C)C. The Bertz CT molecular complexity index is 1830. The molecule has 0 aromatic heterocycles. The number of unbranched alkanes of at least 4 members (excludes halogenated alkanes) is 38. The molecule has 5 atom stereocenters. The Morgan fingerprint density at radius 1 is 0.344 bits per heavy atom. The molecule has 0 heterocycles. The molecule has 19 heteroatoms. The number of rotatable bonds is 69. The van der Waals surface area contributed by atoms with Crippen LogP contribution in [0.4, 0.5) is 0 Å². The Labute approximate surface area is 548 Å². The van der Waals surface area contributed by atoms with Crippen LogP contribution in [0.2, 0.25) is 0 Å². The highest BCUT2D eigenvalue weighted by atomic mass is 31.2. The number of phosphoric acid groups is 2. The van der Waals surface area contributed by atoms with Crippen molar-refractivity contribution >= 4 is 39.5 Å². The largest absolute Gasteiger partial charge is 0.472 e. The Morgan fingerprint density at radius 3 is 0.911 bits per heavy atom. The Kier molecular flexibility index (Phi) is 62.2. The third-order valence-electron chi connectivity index (χ3n) is 15.9. The fraction of sp³-hybridized carbons (Fsp3) is 0.887. The summed E-state index contributed by atoms with van der Waals surface area (Å²) < 4.78 is 68.3. The zero-order chi connectivity index (χ0) is 66.3. The number of esters is 4. The number of allylic oxidation sites excluding steroid dienone is 4. The maximum Gasteiger partial charge on any atom is 0.472 e. The van der Waals surface area contributed by atoms with E-state index in [1.54, 1.807) is 0 Å². The molecule has 0 aliphatic heterocycles. The van der Waals surface area contributed by atoms with E-state index >= 15 is 0 Å². The molecule has 0 aliphatic rings. The summed E-state index contributed by atoms with van der Waals surface area (Å²) in [6, 6.07) is 0. The van der Waals surface area contributed by atoms with Gasteiger partial charge < -0.3 is 33.8 Å². The van der Waals surface area contributed by atoms with Crippen LogP contribution in [0.15, 0.2) is 24.3 Å². The lowest BCUT2D eigenvalue weighted by Gasteiger charge is -2.21. The van der Waals surface area contributed by atoms with Gasteiger partial charge in [-0.05, 0) is 57.3 Å². The summed E-state index contributed by atoms with van der Waals surface area (Å²) in [4.78, 5) is 72.5. The van der Waals surface area contributed by atoms with Gasteiger partial charge in [-0.1, -0.05) is 290 Å². The second-order valence-electron chi connectivity index (χ2n) is 25.4. The van der Waals surface area contributed by atoms with E-state index in [1.165, 1.54) is 154 Å². The van der Waals surface area contributed by atoms with Crippen molar-refractivity contribution in [3.05, 3.63) is 24.3 Å². The molecule has 2 unspecified atom stereocenters. The van der Waals surface area contributed by atoms with Gasteiger partial charge in [-0.25, -0.2) is 9.13 Å². The number of hydrogen-bond acceptors (Lipinski definition) is 15. The summed E-state index contributed by atoms with van der Waals surface area (Å²) in [5.74, 6) is -1.44. The second kappa shape index (κ2) is 63.9. The molecule has 0 aromatic rings. The zero-order valence-corrected chi connectivity index (χ0v) is 59.5. The van der Waals surface area contributed by atoms with Crippen LogP contribution in [0.3, 0.4) is 0 Å². The molecule has 3 N–H and O–H groups in total. The van der Waals surface area contributed by atoms with Gasteiger partial charge in [0.25, 0.3) is 0 Å². The van der Waals surface area contributed by atoms with Crippen LogP contribution in [0, 0.1) is 5.92 Å². The highest BCUT2D eigenvalue weighted by Gasteiger charge is 2.30. The average Bonchev–Trinajstić information content (AvgIpc) is 3.17.